The second-order valence-corrected chi connectivity index (χ2v) is 7.28. The van der Waals surface area contributed by atoms with Crippen molar-refractivity contribution >= 4 is 5.91 Å². The summed E-state index contributed by atoms with van der Waals surface area (Å²) < 4.78 is 10.8. The molecule has 2 aromatic rings. The highest BCUT2D eigenvalue weighted by Crippen LogP contribution is 2.24. The highest BCUT2D eigenvalue weighted by molar-refractivity contribution is 5.76. The first-order chi connectivity index (χ1) is 11.8. The van der Waals surface area contributed by atoms with E-state index in [0.29, 0.717) is 26.0 Å². The number of nitrogens with zero attached hydrogens (tertiary/aromatic N) is 1. The number of hydrogen-bond donors (Lipinski definition) is 1. The number of benzene rings is 1. The Bertz CT molecular complexity index is 677. The SMILES string of the molecule is Cc1noc(C)c1CCC(=O)NCCOc1ccc(C(C)(C)C)cc1. The molecular formula is C20H28N2O3. The minimum absolute atomic E-state index is 0.00619. The lowest BCUT2D eigenvalue weighted by Crippen LogP contribution is -2.28. The molecule has 0 aliphatic carbocycles. The first-order valence-electron chi connectivity index (χ1n) is 8.69. The summed E-state index contributed by atoms with van der Waals surface area (Å²) in [6.45, 7) is 11.2. The summed E-state index contributed by atoms with van der Waals surface area (Å²) in [6, 6.07) is 8.11. The summed E-state index contributed by atoms with van der Waals surface area (Å²) in [5.41, 5.74) is 3.28. The van der Waals surface area contributed by atoms with E-state index in [4.69, 9.17) is 9.26 Å². The van der Waals surface area contributed by atoms with Gasteiger partial charge in [0.1, 0.15) is 18.1 Å². The van der Waals surface area contributed by atoms with Crippen molar-refractivity contribution in [1.82, 2.24) is 10.5 Å². The fourth-order valence-electron chi connectivity index (χ4n) is 2.60. The van der Waals surface area contributed by atoms with Crippen LogP contribution in [0.4, 0.5) is 0 Å². The van der Waals surface area contributed by atoms with Gasteiger partial charge in [0.2, 0.25) is 5.91 Å². The number of rotatable bonds is 7. The monoisotopic (exact) mass is 344 g/mol. The Balaban J connectivity index is 1.68. The molecule has 25 heavy (non-hydrogen) atoms. The molecule has 0 unspecified atom stereocenters. The molecule has 1 heterocycles. The Morgan fingerprint density at radius 1 is 1.20 bits per heavy atom. The van der Waals surface area contributed by atoms with Crippen LogP contribution < -0.4 is 10.1 Å². The summed E-state index contributed by atoms with van der Waals surface area (Å²) >= 11 is 0. The van der Waals surface area contributed by atoms with Gasteiger partial charge in [-0.2, -0.15) is 0 Å². The van der Waals surface area contributed by atoms with Crippen molar-refractivity contribution < 1.29 is 14.1 Å². The maximum Gasteiger partial charge on any atom is 0.220 e. The number of amides is 1. The van der Waals surface area contributed by atoms with Crippen molar-refractivity contribution in [2.75, 3.05) is 13.2 Å². The van der Waals surface area contributed by atoms with E-state index in [1.54, 1.807) is 0 Å². The van der Waals surface area contributed by atoms with Crippen molar-refractivity contribution in [1.29, 1.82) is 0 Å². The van der Waals surface area contributed by atoms with E-state index < -0.39 is 0 Å². The maximum atomic E-state index is 11.9. The van der Waals surface area contributed by atoms with Crippen molar-refractivity contribution in [2.45, 2.75) is 52.9 Å². The fraction of sp³-hybridized carbons (Fsp3) is 0.500. The van der Waals surface area contributed by atoms with E-state index in [2.05, 4.69) is 43.4 Å². The van der Waals surface area contributed by atoms with E-state index in [0.717, 1.165) is 22.8 Å². The van der Waals surface area contributed by atoms with Crippen molar-refractivity contribution in [3.8, 4) is 5.75 Å². The van der Waals surface area contributed by atoms with Gasteiger partial charge < -0.3 is 14.6 Å². The molecule has 0 atom stereocenters. The van der Waals surface area contributed by atoms with Crippen LogP contribution in [0.1, 0.15) is 49.8 Å². The molecule has 2 rings (SSSR count). The van der Waals surface area contributed by atoms with Crippen LogP contribution >= 0.6 is 0 Å². The van der Waals surface area contributed by atoms with E-state index >= 15 is 0 Å². The van der Waals surface area contributed by atoms with Crippen molar-refractivity contribution in [3.05, 3.63) is 46.8 Å². The quantitative estimate of drug-likeness (QED) is 0.778. The number of carbonyl (C=O) groups excluding carboxylic acids is 1. The molecule has 1 amide bonds. The van der Waals surface area contributed by atoms with Gasteiger partial charge in [-0.15, -0.1) is 0 Å². The largest absolute Gasteiger partial charge is 0.492 e. The molecule has 0 saturated carbocycles. The Morgan fingerprint density at radius 3 is 2.44 bits per heavy atom. The average Bonchev–Trinajstić information content (AvgIpc) is 2.88. The zero-order chi connectivity index (χ0) is 18.4. The molecule has 1 aromatic carbocycles. The van der Waals surface area contributed by atoms with Crippen LogP contribution in [0.2, 0.25) is 0 Å². The van der Waals surface area contributed by atoms with Gasteiger partial charge in [-0.3, -0.25) is 4.79 Å². The van der Waals surface area contributed by atoms with Crippen LogP contribution in [-0.2, 0) is 16.6 Å². The number of ether oxygens (including phenoxy) is 1. The summed E-state index contributed by atoms with van der Waals surface area (Å²) in [7, 11) is 0. The molecule has 5 heteroatoms. The standard InChI is InChI=1S/C20H28N2O3/c1-14-18(15(2)25-22-14)10-11-19(23)21-12-13-24-17-8-6-16(7-9-17)20(3,4)5/h6-9H,10-13H2,1-5H3,(H,21,23). The third-order valence-corrected chi connectivity index (χ3v) is 4.20. The molecule has 0 radical (unpaired) electrons. The molecule has 136 valence electrons. The maximum absolute atomic E-state index is 11.9. The predicted molar refractivity (Wildman–Crippen MR) is 97.9 cm³/mol. The molecule has 0 fully saturated rings. The molecular weight excluding hydrogens is 316 g/mol. The Kier molecular flexibility index (Phi) is 6.23. The van der Waals surface area contributed by atoms with Crippen LogP contribution in [0.15, 0.2) is 28.8 Å². The van der Waals surface area contributed by atoms with Gasteiger partial charge in [0.25, 0.3) is 0 Å². The lowest BCUT2D eigenvalue weighted by atomic mass is 9.87. The van der Waals surface area contributed by atoms with Gasteiger partial charge in [-0.25, -0.2) is 0 Å². The second kappa shape index (κ2) is 8.19. The first kappa shape index (κ1) is 19.0. The van der Waals surface area contributed by atoms with Gasteiger partial charge in [0, 0.05) is 12.0 Å². The highest BCUT2D eigenvalue weighted by atomic mass is 16.5. The van der Waals surface area contributed by atoms with Crippen molar-refractivity contribution in [3.63, 3.8) is 0 Å². The molecule has 0 saturated heterocycles. The zero-order valence-electron chi connectivity index (χ0n) is 15.8. The number of carbonyl (C=O) groups is 1. The fourth-order valence-corrected chi connectivity index (χ4v) is 2.60. The number of aryl methyl sites for hydroxylation is 2. The Morgan fingerprint density at radius 2 is 1.88 bits per heavy atom. The van der Waals surface area contributed by atoms with Crippen LogP contribution in [0, 0.1) is 13.8 Å². The van der Waals surface area contributed by atoms with E-state index in [1.165, 1.54) is 5.56 Å². The van der Waals surface area contributed by atoms with Crippen LogP contribution in [0.3, 0.4) is 0 Å². The molecule has 0 aliphatic rings. The average molecular weight is 344 g/mol. The van der Waals surface area contributed by atoms with Crippen LogP contribution in [0.25, 0.3) is 0 Å². The molecule has 5 nitrogen and oxygen atoms in total. The van der Waals surface area contributed by atoms with Gasteiger partial charge in [-0.05, 0) is 43.4 Å². The summed E-state index contributed by atoms with van der Waals surface area (Å²) in [4.78, 5) is 11.9. The molecule has 1 N–H and O–H groups in total. The molecule has 0 aliphatic heterocycles. The highest BCUT2D eigenvalue weighted by Gasteiger charge is 2.13. The van der Waals surface area contributed by atoms with E-state index in [9.17, 15) is 4.79 Å². The molecule has 0 spiro atoms. The summed E-state index contributed by atoms with van der Waals surface area (Å²) in [5.74, 6) is 1.61. The van der Waals surface area contributed by atoms with Gasteiger partial charge >= 0.3 is 0 Å². The van der Waals surface area contributed by atoms with E-state index in [1.807, 2.05) is 26.0 Å². The topological polar surface area (TPSA) is 64.4 Å². The van der Waals surface area contributed by atoms with Crippen LogP contribution in [-0.4, -0.2) is 24.2 Å². The Labute approximate surface area is 149 Å². The van der Waals surface area contributed by atoms with Crippen LogP contribution in [0.5, 0.6) is 5.75 Å². The van der Waals surface area contributed by atoms with Gasteiger partial charge in [0.05, 0.1) is 12.2 Å². The Hall–Kier alpha value is -2.30. The predicted octanol–water partition coefficient (Wildman–Crippen LogP) is 3.72. The van der Waals surface area contributed by atoms with Gasteiger partial charge in [0.15, 0.2) is 0 Å². The van der Waals surface area contributed by atoms with Crippen molar-refractivity contribution in [2.24, 2.45) is 0 Å². The normalized spacial score (nSPS) is 11.4. The third kappa shape index (κ3) is 5.62. The second-order valence-electron chi connectivity index (χ2n) is 7.28. The number of aromatic nitrogens is 1. The smallest absolute Gasteiger partial charge is 0.220 e. The molecule has 0 bridgehead atoms. The lowest BCUT2D eigenvalue weighted by molar-refractivity contribution is -0.121. The number of hydrogen-bond acceptors (Lipinski definition) is 4. The lowest BCUT2D eigenvalue weighted by Gasteiger charge is -2.19. The third-order valence-electron chi connectivity index (χ3n) is 4.20. The summed E-state index contributed by atoms with van der Waals surface area (Å²) in [6.07, 6.45) is 1.06. The minimum atomic E-state index is 0.00619. The molecule has 1 aromatic heterocycles. The zero-order valence-corrected chi connectivity index (χ0v) is 15.8. The van der Waals surface area contributed by atoms with Gasteiger partial charge in [-0.1, -0.05) is 38.1 Å². The first-order valence-corrected chi connectivity index (χ1v) is 8.69. The minimum Gasteiger partial charge on any atom is -0.492 e. The number of nitrogens with one attached hydrogen (secondary N) is 1. The van der Waals surface area contributed by atoms with E-state index in [-0.39, 0.29) is 11.3 Å². The summed E-state index contributed by atoms with van der Waals surface area (Å²) in [5, 5.41) is 6.77.